The Kier molecular flexibility index (Phi) is 4.69. The highest BCUT2D eigenvalue weighted by molar-refractivity contribution is 7.73. The number of hydrogen-bond donors (Lipinski definition) is 1. The van der Waals surface area contributed by atoms with Crippen molar-refractivity contribution in [2.24, 2.45) is 0 Å². The summed E-state index contributed by atoms with van der Waals surface area (Å²) in [6.45, 7) is 0.460. The van der Waals surface area contributed by atoms with Crippen molar-refractivity contribution >= 4 is 18.9 Å². The van der Waals surface area contributed by atoms with E-state index >= 15 is 0 Å². The molecule has 5 heteroatoms. The summed E-state index contributed by atoms with van der Waals surface area (Å²) in [5.41, 5.74) is 1.96. The van der Waals surface area contributed by atoms with Crippen LogP contribution in [0.25, 0.3) is 6.08 Å². The van der Waals surface area contributed by atoms with E-state index in [2.05, 4.69) is 17.8 Å². The van der Waals surface area contributed by atoms with Gasteiger partial charge in [-0.2, -0.15) is 0 Å². The minimum atomic E-state index is 0.456. The molecule has 2 rings (SSSR count). The largest absolute Gasteiger partial charge is 0.473 e. The zero-order chi connectivity index (χ0) is 13.5. The zero-order valence-corrected chi connectivity index (χ0v) is 11.0. The van der Waals surface area contributed by atoms with Crippen LogP contribution in [0.3, 0.4) is 0 Å². The summed E-state index contributed by atoms with van der Waals surface area (Å²) in [7, 11) is 0. The molecule has 0 unspecified atom stereocenters. The van der Waals surface area contributed by atoms with Crippen molar-refractivity contribution in [1.82, 2.24) is 4.98 Å². The van der Waals surface area contributed by atoms with E-state index in [0.29, 0.717) is 16.7 Å². The van der Waals surface area contributed by atoms with Crippen molar-refractivity contribution in [3.05, 3.63) is 70.9 Å². The van der Waals surface area contributed by atoms with Crippen LogP contribution in [0.5, 0.6) is 5.88 Å². The molecule has 0 amide bonds. The first-order valence-corrected chi connectivity index (χ1v) is 6.10. The molecule has 4 nitrogen and oxygen atoms in total. The average molecular weight is 273 g/mol. The van der Waals surface area contributed by atoms with Gasteiger partial charge in [0.1, 0.15) is 6.61 Å². The van der Waals surface area contributed by atoms with Crippen LogP contribution < -0.4 is 4.74 Å². The SMILES string of the molecule is O=[N+](S)/C=C/c1ccc(COc2ccccn2)cc1. The monoisotopic (exact) mass is 273 g/mol. The highest BCUT2D eigenvalue weighted by Crippen LogP contribution is 2.10. The minimum absolute atomic E-state index is 0.456. The Labute approximate surface area is 116 Å². The maximum atomic E-state index is 10.6. The van der Waals surface area contributed by atoms with Crippen LogP contribution in [0.15, 0.2) is 54.9 Å². The van der Waals surface area contributed by atoms with E-state index in [9.17, 15) is 4.91 Å². The number of pyridine rings is 1. The highest BCUT2D eigenvalue weighted by atomic mass is 32.1. The molecular formula is C14H13N2O2S+. The lowest BCUT2D eigenvalue weighted by molar-refractivity contribution is -0.276. The molecular weight excluding hydrogens is 260 g/mol. The van der Waals surface area contributed by atoms with Crippen LogP contribution in [0.2, 0.25) is 0 Å². The first-order chi connectivity index (χ1) is 9.24. The molecule has 0 saturated carbocycles. The number of hydrogen-bond acceptors (Lipinski definition) is 3. The van der Waals surface area contributed by atoms with Gasteiger partial charge in [0.05, 0.1) is 4.17 Å². The topological polar surface area (TPSA) is 42.2 Å². The van der Waals surface area contributed by atoms with Gasteiger partial charge in [0.25, 0.3) is 0 Å². The first-order valence-electron chi connectivity index (χ1n) is 5.70. The van der Waals surface area contributed by atoms with Crippen LogP contribution >= 0.6 is 12.8 Å². The van der Waals surface area contributed by atoms with Crippen LogP contribution in [0.4, 0.5) is 0 Å². The number of benzene rings is 1. The van der Waals surface area contributed by atoms with Gasteiger partial charge < -0.3 is 4.74 Å². The average Bonchev–Trinajstić information content (AvgIpc) is 2.45. The molecule has 1 aromatic carbocycles. The Hall–Kier alpha value is -2.14. The Balaban J connectivity index is 1.94. The summed E-state index contributed by atoms with van der Waals surface area (Å²) in [6, 6.07) is 13.2. The number of thiol groups is 1. The highest BCUT2D eigenvalue weighted by Gasteiger charge is 1.97. The van der Waals surface area contributed by atoms with Gasteiger partial charge in [-0.1, -0.05) is 30.3 Å². The summed E-state index contributed by atoms with van der Waals surface area (Å²) < 4.78 is 5.99. The van der Waals surface area contributed by atoms with E-state index in [1.807, 2.05) is 42.5 Å². The van der Waals surface area contributed by atoms with E-state index in [1.54, 1.807) is 12.3 Å². The fourth-order valence-electron chi connectivity index (χ4n) is 1.46. The molecule has 0 aliphatic carbocycles. The summed E-state index contributed by atoms with van der Waals surface area (Å²) in [5.74, 6) is 0.601. The molecule has 0 radical (unpaired) electrons. The molecule has 0 fully saturated rings. The second kappa shape index (κ2) is 6.70. The molecule has 2 aromatic rings. The number of ether oxygens (including phenoxy) is 1. The molecule has 0 N–H and O–H groups in total. The molecule has 0 atom stereocenters. The van der Waals surface area contributed by atoms with Gasteiger partial charge in [0.15, 0.2) is 0 Å². The number of aromatic nitrogens is 1. The third-order valence-corrected chi connectivity index (χ3v) is 2.53. The molecule has 0 bridgehead atoms. The smallest absolute Gasteiger partial charge is 0.238 e. The van der Waals surface area contributed by atoms with Crippen molar-refractivity contribution in [2.45, 2.75) is 6.61 Å². The second-order valence-electron chi connectivity index (χ2n) is 3.82. The van der Waals surface area contributed by atoms with Crippen LogP contribution in [-0.4, -0.2) is 9.15 Å². The van der Waals surface area contributed by atoms with Crippen LogP contribution in [0.1, 0.15) is 11.1 Å². The van der Waals surface area contributed by atoms with Crippen molar-refractivity contribution in [1.29, 1.82) is 0 Å². The molecule has 0 aliphatic rings. The van der Waals surface area contributed by atoms with E-state index in [-0.39, 0.29) is 0 Å². The van der Waals surface area contributed by atoms with Gasteiger partial charge in [0, 0.05) is 23.2 Å². The Morgan fingerprint density at radius 2 is 2.00 bits per heavy atom. The van der Waals surface area contributed by atoms with Gasteiger partial charge in [-0.25, -0.2) is 4.98 Å². The normalized spacial score (nSPS) is 10.6. The first kappa shape index (κ1) is 13.3. The van der Waals surface area contributed by atoms with Gasteiger partial charge in [-0.05, 0) is 17.2 Å². The van der Waals surface area contributed by atoms with E-state index in [0.717, 1.165) is 11.1 Å². The van der Waals surface area contributed by atoms with Crippen molar-refractivity contribution in [3.63, 3.8) is 0 Å². The number of rotatable bonds is 5. The Bertz CT molecular complexity index is 568. The fraction of sp³-hybridized carbons (Fsp3) is 0.0714. The standard InChI is InChI=1S/C14H13N2O2S/c17-16(19)10-8-12-4-6-13(7-5-12)11-18-14-3-1-2-9-15-14/h1-10H,11H2,(H,17,19)/q+1/b10-8+. The van der Waals surface area contributed by atoms with Gasteiger partial charge in [0.2, 0.25) is 24.9 Å². The molecule has 0 spiro atoms. The van der Waals surface area contributed by atoms with Gasteiger partial charge >= 0.3 is 0 Å². The Morgan fingerprint density at radius 3 is 2.63 bits per heavy atom. The molecule has 19 heavy (non-hydrogen) atoms. The van der Waals surface area contributed by atoms with Crippen LogP contribution in [-0.2, 0) is 6.61 Å². The molecule has 0 aliphatic heterocycles. The maximum Gasteiger partial charge on any atom is 0.238 e. The van der Waals surface area contributed by atoms with E-state index in [4.69, 9.17) is 4.74 Å². The summed E-state index contributed by atoms with van der Waals surface area (Å²) in [5, 5.41) is 0. The van der Waals surface area contributed by atoms with E-state index in [1.165, 1.54) is 6.20 Å². The summed E-state index contributed by atoms with van der Waals surface area (Å²) in [6.07, 6.45) is 4.71. The quantitative estimate of drug-likeness (QED) is 0.671. The van der Waals surface area contributed by atoms with Crippen molar-refractivity contribution in [3.8, 4) is 5.88 Å². The third kappa shape index (κ3) is 4.56. The second-order valence-corrected chi connectivity index (χ2v) is 4.21. The lowest BCUT2D eigenvalue weighted by Crippen LogP contribution is -1.96. The predicted molar refractivity (Wildman–Crippen MR) is 76.7 cm³/mol. The third-order valence-electron chi connectivity index (χ3n) is 2.40. The lowest BCUT2D eigenvalue weighted by atomic mass is 10.1. The fourth-order valence-corrected chi connectivity index (χ4v) is 1.53. The minimum Gasteiger partial charge on any atom is -0.473 e. The maximum absolute atomic E-state index is 10.6. The lowest BCUT2D eigenvalue weighted by Gasteiger charge is -2.04. The molecule has 1 heterocycles. The van der Waals surface area contributed by atoms with Crippen LogP contribution in [0, 0.1) is 4.91 Å². The number of nitrogens with zero attached hydrogens (tertiary/aromatic N) is 2. The van der Waals surface area contributed by atoms with Crippen molar-refractivity contribution < 1.29 is 8.90 Å². The van der Waals surface area contributed by atoms with E-state index < -0.39 is 0 Å². The molecule has 96 valence electrons. The number of nitroso groups, excluding NO2 is 1. The zero-order valence-electron chi connectivity index (χ0n) is 10.1. The predicted octanol–water partition coefficient (Wildman–Crippen LogP) is 3.26. The summed E-state index contributed by atoms with van der Waals surface area (Å²) >= 11 is 3.59. The van der Waals surface area contributed by atoms with Gasteiger partial charge in [-0.15, -0.1) is 0 Å². The van der Waals surface area contributed by atoms with Crippen molar-refractivity contribution in [2.75, 3.05) is 0 Å². The summed E-state index contributed by atoms with van der Waals surface area (Å²) in [4.78, 5) is 14.7. The van der Waals surface area contributed by atoms with Gasteiger partial charge in [-0.3, -0.25) is 0 Å². The Morgan fingerprint density at radius 1 is 1.21 bits per heavy atom. The molecule has 1 aromatic heterocycles. The molecule has 0 saturated heterocycles.